The highest BCUT2D eigenvalue weighted by Crippen LogP contribution is 2.26. The molecule has 0 bridgehead atoms. The fourth-order valence-corrected chi connectivity index (χ4v) is 2.42. The number of nitrogens with zero attached hydrogens (tertiary/aromatic N) is 2. The molecule has 0 saturated carbocycles. The summed E-state index contributed by atoms with van der Waals surface area (Å²) in [6, 6.07) is 17.1. The average molecular weight is 275 g/mol. The predicted octanol–water partition coefficient (Wildman–Crippen LogP) is 3.42. The molecule has 0 spiro atoms. The molecule has 0 saturated heterocycles. The Bertz CT molecular complexity index is 896. The molecule has 1 unspecified atom stereocenters. The molecule has 4 nitrogen and oxygen atoms in total. The van der Waals surface area contributed by atoms with Crippen molar-refractivity contribution in [3.63, 3.8) is 0 Å². The molecule has 0 aliphatic rings. The molecule has 2 aromatic heterocycles. The molecular weight excluding hydrogens is 262 g/mol. The number of aromatic nitrogens is 2. The van der Waals surface area contributed by atoms with Gasteiger partial charge in [-0.25, -0.2) is 4.98 Å². The Kier molecular flexibility index (Phi) is 2.69. The first-order chi connectivity index (χ1) is 10.3. The first-order valence-electron chi connectivity index (χ1n) is 6.77. The van der Waals surface area contributed by atoms with Gasteiger partial charge in [0.05, 0.1) is 22.9 Å². The molecule has 4 aromatic rings. The van der Waals surface area contributed by atoms with Gasteiger partial charge in [-0.05, 0) is 24.3 Å². The first-order valence-corrected chi connectivity index (χ1v) is 6.77. The molecule has 2 N–H and O–H groups in total. The van der Waals surface area contributed by atoms with E-state index in [1.165, 1.54) is 0 Å². The van der Waals surface area contributed by atoms with Crippen molar-refractivity contribution in [1.29, 1.82) is 0 Å². The highest BCUT2D eigenvalue weighted by atomic mass is 16.3. The van der Waals surface area contributed by atoms with E-state index in [1.54, 1.807) is 6.20 Å². The lowest BCUT2D eigenvalue weighted by Crippen LogP contribution is -2.13. The van der Waals surface area contributed by atoms with Crippen LogP contribution >= 0.6 is 0 Å². The van der Waals surface area contributed by atoms with Crippen LogP contribution in [0.2, 0.25) is 0 Å². The van der Waals surface area contributed by atoms with Crippen LogP contribution in [0.25, 0.3) is 22.0 Å². The van der Waals surface area contributed by atoms with Crippen molar-refractivity contribution < 1.29 is 4.42 Å². The quantitative estimate of drug-likeness (QED) is 0.608. The third kappa shape index (κ3) is 2.06. The summed E-state index contributed by atoms with van der Waals surface area (Å²) in [5.41, 5.74) is 9.50. The number of fused-ring (bicyclic) bond motifs is 2. The SMILES string of the molecule is NC(c1cnc2ccccc2n1)c1cc2ccccc2o1. The van der Waals surface area contributed by atoms with E-state index in [9.17, 15) is 0 Å². The Hall–Kier alpha value is -2.72. The zero-order valence-corrected chi connectivity index (χ0v) is 11.2. The highest BCUT2D eigenvalue weighted by molar-refractivity contribution is 5.78. The number of para-hydroxylation sites is 3. The van der Waals surface area contributed by atoms with E-state index in [0.29, 0.717) is 11.5 Å². The minimum Gasteiger partial charge on any atom is -0.459 e. The van der Waals surface area contributed by atoms with Gasteiger partial charge in [0.15, 0.2) is 0 Å². The number of hydrogen-bond acceptors (Lipinski definition) is 4. The molecule has 0 aliphatic carbocycles. The number of rotatable bonds is 2. The summed E-state index contributed by atoms with van der Waals surface area (Å²) >= 11 is 0. The van der Waals surface area contributed by atoms with Gasteiger partial charge in [-0.15, -0.1) is 0 Å². The van der Waals surface area contributed by atoms with E-state index in [2.05, 4.69) is 9.97 Å². The van der Waals surface area contributed by atoms with Crippen molar-refractivity contribution in [1.82, 2.24) is 9.97 Å². The Morgan fingerprint density at radius 1 is 0.952 bits per heavy atom. The van der Waals surface area contributed by atoms with Crippen molar-refractivity contribution in [3.8, 4) is 0 Å². The van der Waals surface area contributed by atoms with Crippen molar-refractivity contribution >= 4 is 22.0 Å². The molecule has 0 fully saturated rings. The fraction of sp³-hybridized carbons (Fsp3) is 0.0588. The monoisotopic (exact) mass is 275 g/mol. The van der Waals surface area contributed by atoms with Crippen LogP contribution in [0.4, 0.5) is 0 Å². The minimum atomic E-state index is -0.422. The summed E-state index contributed by atoms with van der Waals surface area (Å²) in [6.07, 6.45) is 1.71. The summed E-state index contributed by atoms with van der Waals surface area (Å²) in [5.74, 6) is 0.695. The number of furan rings is 1. The first kappa shape index (κ1) is 12.1. The maximum absolute atomic E-state index is 6.27. The van der Waals surface area contributed by atoms with Crippen LogP contribution in [-0.4, -0.2) is 9.97 Å². The van der Waals surface area contributed by atoms with Crippen LogP contribution < -0.4 is 5.73 Å². The lowest BCUT2D eigenvalue weighted by atomic mass is 10.1. The summed E-state index contributed by atoms with van der Waals surface area (Å²) in [6.45, 7) is 0. The minimum absolute atomic E-state index is 0.422. The summed E-state index contributed by atoms with van der Waals surface area (Å²) in [5, 5.41) is 1.04. The topological polar surface area (TPSA) is 64.9 Å². The standard InChI is InChI=1S/C17H13N3O/c18-17(16-9-11-5-1-4-8-15(11)21-16)14-10-19-12-6-2-3-7-13(12)20-14/h1-10,17H,18H2. The van der Waals surface area contributed by atoms with Crippen LogP contribution in [-0.2, 0) is 0 Å². The number of benzene rings is 2. The molecule has 21 heavy (non-hydrogen) atoms. The van der Waals surface area contributed by atoms with Gasteiger partial charge in [-0.2, -0.15) is 0 Å². The van der Waals surface area contributed by atoms with E-state index >= 15 is 0 Å². The second-order valence-electron chi connectivity index (χ2n) is 4.95. The van der Waals surface area contributed by atoms with Crippen molar-refractivity contribution in [2.45, 2.75) is 6.04 Å². The van der Waals surface area contributed by atoms with Crippen molar-refractivity contribution in [2.24, 2.45) is 5.73 Å². The van der Waals surface area contributed by atoms with Crippen molar-refractivity contribution in [2.75, 3.05) is 0 Å². The van der Waals surface area contributed by atoms with Gasteiger partial charge >= 0.3 is 0 Å². The van der Waals surface area contributed by atoms with Gasteiger partial charge in [-0.1, -0.05) is 30.3 Å². The summed E-state index contributed by atoms with van der Waals surface area (Å²) in [7, 11) is 0. The van der Waals surface area contributed by atoms with E-state index in [0.717, 1.165) is 22.0 Å². The molecule has 0 radical (unpaired) electrons. The maximum atomic E-state index is 6.27. The average Bonchev–Trinajstić information content (AvgIpc) is 2.97. The Labute approximate surface area is 121 Å². The van der Waals surface area contributed by atoms with E-state index in [4.69, 9.17) is 10.2 Å². The Balaban J connectivity index is 1.79. The van der Waals surface area contributed by atoms with Gasteiger partial charge in [0.25, 0.3) is 0 Å². The summed E-state index contributed by atoms with van der Waals surface area (Å²) in [4.78, 5) is 8.97. The maximum Gasteiger partial charge on any atom is 0.134 e. The van der Waals surface area contributed by atoms with E-state index in [1.807, 2.05) is 54.6 Å². The van der Waals surface area contributed by atoms with Gasteiger partial charge in [0.1, 0.15) is 17.4 Å². The third-order valence-electron chi connectivity index (χ3n) is 3.54. The number of nitrogens with two attached hydrogens (primary N) is 1. The van der Waals surface area contributed by atoms with Crippen LogP contribution in [0.3, 0.4) is 0 Å². The second kappa shape index (κ2) is 4.68. The van der Waals surface area contributed by atoms with Gasteiger partial charge in [-0.3, -0.25) is 4.98 Å². The fourth-order valence-electron chi connectivity index (χ4n) is 2.42. The zero-order chi connectivity index (χ0) is 14.2. The smallest absolute Gasteiger partial charge is 0.134 e. The molecule has 4 heteroatoms. The van der Waals surface area contributed by atoms with Crippen LogP contribution in [0.1, 0.15) is 17.5 Å². The summed E-state index contributed by atoms with van der Waals surface area (Å²) < 4.78 is 5.80. The molecule has 2 heterocycles. The van der Waals surface area contributed by atoms with Gasteiger partial charge < -0.3 is 10.2 Å². The molecule has 2 aromatic carbocycles. The molecule has 0 amide bonds. The molecule has 102 valence electrons. The van der Waals surface area contributed by atoms with Crippen LogP contribution in [0, 0.1) is 0 Å². The number of hydrogen-bond donors (Lipinski definition) is 1. The van der Waals surface area contributed by atoms with E-state index in [-0.39, 0.29) is 0 Å². The lowest BCUT2D eigenvalue weighted by Gasteiger charge is -2.08. The molecule has 0 aliphatic heterocycles. The van der Waals surface area contributed by atoms with Gasteiger partial charge in [0, 0.05) is 5.39 Å². The van der Waals surface area contributed by atoms with Crippen LogP contribution in [0.5, 0.6) is 0 Å². The Morgan fingerprint density at radius 3 is 2.57 bits per heavy atom. The normalized spacial score (nSPS) is 12.8. The second-order valence-corrected chi connectivity index (χ2v) is 4.95. The molecule has 1 atom stereocenters. The van der Waals surface area contributed by atoms with Gasteiger partial charge in [0.2, 0.25) is 0 Å². The van der Waals surface area contributed by atoms with Crippen molar-refractivity contribution in [3.05, 3.63) is 72.2 Å². The third-order valence-corrected chi connectivity index (χ3v) is 3.54. The zero-order valence-electron chi connectivity index (χ0n) is 11.2. The molecular formula is C17H13N3O. The molecule has 4 rings (SSSR count). The largest absolute Gasteiger partial charge is 0.459 e. The highest BCUT2D eigenvalue weighted by Gasteiger charge is 2.16. The Morgan fingerprint density at radius 2 is 1.71 bits per heavy atom. The van der Waals surface area contributed by atoms with E-state index < -0.39 is 6.04 Å². The van der Waals surface area contributed by atoms with Crippen LogP contribution in [0.15, 0.2) is 65.2 Å². The predicted molar refractivity (Wildman–Crippen MR) is 81.8 cm³/mol. The lowest BCUT2D eigenvalue weighted by molar-refractivity contribution is 0.520.